The molecule has 1 aromatic carbocycles. The molecular weight excluding hydrogens is 287 g/mol. The molecule has 1 aromatic heterocycles. The predicted molar refractivity (Wildman–Crippen MR) is 65.4 cm³/mol. The average Bonchev–Trinajstić information content (AvgIpc) is 2.80. The van der Waals surface area contributed by atoms with Crippen LogP contribution >= 0.6 is 15.9 Å². The van der Waals surface area contributed by atoms with E-state index in [4.69, 9.17) is 0 Å². The van der Waals surface area contributed by atoms with Crippen LogP contribution in [0.4, 0.5) is 4.39 Å². The van der Waals surface area contributed by atoms with Gasteiger partial charge >= 0.3 is 0 Å². The summed E-state index contributed by atoms with van der Waals surface area (Å²) >= 11 is 3.05. The van der Waals surface area contributed by atoms with Crippen LogP contribution in [0.25, 0.3) is 0 Å². The molecule has 5 heteroatoms. The molecule has 0 spiro atoms. The van der Waals surface area contributed by atoms with Crippen molar-refractivity contribution in [2.24, 2.45) is 0 Å². The first-order chi connectivity index (χ1) is 8.13. The fraction of sp³-hybridized carbons (Fsp3) is 0.167. The molecule has 0 radical (unpaired) electrons. The van der Waals surface area contributed by atoms with E-state index in [2.05, 4.69) is 21.0 Å². The second kappa shape index (κ2) is 4.79. The van der Waals surface area contributed by atoms with Crippen LogP contribution in [0.3, 0.4) is 0 Å². The molecule has 0 aliphatic heterocycles. The van der Waals surface area contributed by atoms with E-state index in [0.29, 0.717) is 22.3 Å². The fourth-order valence-corrected chi connectivity index (χ4v) is 1.81. The lowest BCUT2D eigenvalue weighted by Crippen LogP contribution is -2.10. The van der Waals surface area contributed by atoms with Gasteiger partial charge in [0.05, 0.1) is 4.47 Å². The van der Waals surface area contributed by atoms with Crippen molar-refractivity contribution in [3.05, 3.63) is 52.0 Å². The molecule has 0 bridgehead atoms. The van der Waals surface area contributed by atoms with Gasteiger partial charge in [0.25, 0.3) is 0 Å². The topological polar surface area (TPSA) is 34.9 Å². The van der Waals surface area contributed by atoms with E-state index in [0.717, 1.165) is 0 Å². The van der Waals surface area contributed by atoms with Crippen LogP contribution in [-0.2, 0) is 6.54 Å². The molecule has 0 saturated heterocycles. The van der Waals surface area contributed by atoms with Crippen LogP contribution in [0, 0.1) is 5.82 Å². The van der Waals surface area contributed by atoms with Gasteiger partial charge in [-0.05, 0) is 47.1 Å². The minimum absolute atomic E-state index is 0.226. The Balaban J connectivity index is 2.40. The average molecular weight is 297 g/mol. The summed E-state index contributed by atoms with van der Waals surface area (Å²) in [6.07, 6.45) is 1.56. The summed E-state index contributed by atoms with van der Waals surface area (Å²) < 4.78 is 15.3. The fourth-order valence-electron chi connectivity index (χ4n) is 1.56. The quantitative estimate of drug-likeness (QED) is 0.816. The molecule has 2 rings (SSSR count). The summed E-state index contributed by atoms with van der Waals surface area (Å²) in [5, 5.41) is 4.01. The highest BCUT2D eigenvalue weighted by atomic mass is 79.9. The Kier molecular flexibility index (Phi) is 3.38. The van der Waals surface area contributed by atoms with E-state index in [-0.39, 0.29) is 5.78 Å². The summed E-state index contributed by atoms with van der Waals surface area (Å²) in [7, 11) is 0. The van der Waals surface area contributed by atoms with Crippen molar-refractivity contribution in [3.63, 3.8) is 0 Å². The normalized spacial score (nSPS) is 10.5. The van der Waals surface area contributed by atoms with Crippen LogP contribution in [0.2, 0.25) is 0 Å². The van der Waals surface area contributed by atoms with Gasteiger partial charge in [0.1, 0.15) is 11.5 Å². The van der Waals surface area contributed by atoms with Crippen molar-refractivity contribution < 1.29 is 9.18 Å². The van der Waals surface area contributed by atoms with Gasteiger partial charge in [-0.25, -0.2) is 4.39 Å². The number of aryl methyl sites for hydroxylation is 1. The Morgan fingerprint density at radius 1 is 1.47 bits per heavy atom. The first-order valence-electron chi connectivity index (χ1n) is 5.15. The SMILES string of the molecule is CCn1nccc1C(=O)c1ccc(Br)c(F)c1. The second-order valence-electron chi connectivity index (χ2n) is 3.49. The standard InChI is InChI=1S/C12H10BrFN2O/c1-2-16-11(5-6-15-16)12(17)8-3-4-9(13)10(14)7-8/h3-7H,2H2,1H3. The van der Waals surface area contributed by atoms with E-state index in [1.807, 2.05) is 6.92 Å². The van der Waals surface area contributed by atoms with Gasteiger partial charge < -0.3 is 0 Å². The largest absolute Gasteiger partial charge is 0.287 e. The van der Waals surface area contributed by atoms with E-state index in [1.54, 1.807) is 23.0 Å². The smallest absolute Gasteiger partial charge is 0.211 e. The van der Waals surface area contributed by atoms with E-state index < -0.39 is 5.82 Å². The third kappa shape index (κ3) is 2.29. The minimum Gasteiger partial charge on any atom is -0.287 e. The second-order valence-corrected chi connectivity index (χ2v) is 4.34. The molecule has 0 fully saturated rings. The maximum Gasteiger partial charge on any atom is 0.211 e. The van der Waals surface area contributed by atoms with Gasteiger partial charge in [0.15, 0.2) is 0 Å². The van der Waals surface area contributed by atoms with E-state index >= 15 is 0 Å². The van der Waals surface area contributed by atoms with Crippen molar-refractivity contribution in [2.75, 3.05) is 0 Å². The summed E-state index contributed by atoms with van der Waals surface area (Å²) in [6.45, 7) is 2.50. The summed E-state index contributed by atoms with van der Waals surface area (Å²) in [5.74, 6) is -0.672. The Labute approximate surface area is 106 Å². The lowest BCUT2D eigenvalue weighted by atomic mass is 10.1. The summed E-state index contributed by atoms with van der Waals surface area (Å²) in [4.78, 5) is 12.1. The van der Waals surface area contributed by atoms with Gasteiger partial charge in [-0.2, -0.15) is 5.10 Å². The summed E-state index contributed by atoms with van der Waals surface area (Å²) in [6, 6.07) is 5.96. The number of ketones is 1. The molecule has 2 aromatic rings. The van der Waals surface area contributed by atoms with E-state index in [9.17, 15) is 9.18 Å². The molecule has 17 heavy (non-hydrogen) atoms. The lowest BCUT2D eigenvalue weighted by Gasteiger charge is -2.04. The van der Waals surface area contributed by atoms with Gasteiger partial charge in [0, 0.05) is 18.3 Å². The summed E-state index contributed by atoms with van der Waals surface area (Å²) in [5.41, 5.74) is 0.787. The number of hydrogen-bond acceptors (Lipinski definition) is 2. The molecule has 0 unspecified atom stereocenters. The zero-order chi connectivity index (χ0) is 12.4. The first-order valence-corrected chi connectivity index (χ1v) is 5.94. The Hall–Kier alpha value is -1.49. The zero-order valence-electron chi connectivity index (χ0n) is 9.15. The van der Waals surface area contributed by atoms with Crippen molar-refractivity contribution in [3.8, 4) is 0 Å². The number of aromatic nitrogens is 2. The molecule has 0 saturated carbocycles. The number of carbonyl (C=O) groups excluding carboxylic acids is 1. The van der Waals surface area contributed by atoms with Crippen LogP contribution in [0.15, 0.2) is 34.9 Å². The molecule has 88 valence electrons. The molecule has 1 heterocycles. The highest BCUT2D eigenvalue weighted by Crippen LogP contribution is 2.18. The van der Waals surface area contributed by atoms with Crippen LogP contribution in [0.1, 0.15) is 23.0 Å². The number of hydrogen-bond donors (Lipinski definition) is 0. The first kappa shape index (κ1) is 12.0. The maximum atomic E-state index is 13.3. The number of rotatable bonds is 3. The van der Waals surface area contributed by atoms with Crippen LogP contribution < -0.4 is 0 Å². The Morgan fingerprint density at radius 2 is 2.24 bits per heavy atom. The van der Waals surface area contributed by atoms with Crippen LogP contribution in [-0.4, -0.2) is 15.6 Å². The Bertz CT molecular complexity index is 565. The maximum absolute atomic E-state index is 13.3. The van der Waals surface area contributed by atoms with Gasteiger partial charge in [-0.15, -0.1) is 0 Å². The van der Waals surface area contributed by atoms with Gasteiger partial charge in [-0.1, -0.05) is 0 Å². The van der Waals surface area contributed by atoms with Crippen molar-refractivity contribution in [1.29, 1.82) is 0 Å². The highest BCUT2D eigenvalue weighted by molar-refractivity contribution is 9.10. The Morgan fingerprint density at radius 3 is 2.88 bits per heavy atom. The number of benzene rings is 1. The van der Waals surface area contributed by atoms with Crippen molar-refractivity contribution >= 4 is 21.7 Å². The molecule has 0 aliphatic rings. The third-order valence-corrected chi connectivity index (χ3v) is 3.07. The zero-order valence-corrected chi connectivity index (χ0v) is 10.7. The highest BCUT2D eigenvalue weighted by Gasteiger charge is 2.14. The van der Waals surface area contributed by atoms with Crippen molar-refractivity contribution in [1.82, 2.24) is 9.78 Å². The molecule has 3 nitrogen and oxygen atoms in total. The predicted octanol–water partition coefficient (Wildman–Crippen LogP) is 3.04. The number of nitrogens with zero attached hydrogens (tertiary/aromatic N) is 2. The van der Waals surface area contributed by atoms with Crippen molar-refractivity contribution in [2.45, 2.75) is 13.5 Å². The van der Waals surface area contributed by atoms with Gasteiger partial charge in [0.2, 0.25) is 5.78 Å². The number of halogens is 2. The molecule has 0 atom stereocenters. The number of carbonyl (C=O) groups is 1. The minimum atomic E-state index is -0.446. The van der Waals surface area contributed by atoms with Gasteiger partial charge in [-0.3, -0.25) is 9.48 Å². The molecular formula is C12H10BrFN2O. The molecule has 0 aliphatic carbocycles. The third-order valence-electron chi connectivity index (χ3n) is 2.43. The molecule has 0 N–H and O–H groups in total. The van der Waals surface area contributed by atoms with Crippen LogP contribution in [0.5, 0.6) is 0 Å². The lowest BCUT2D eigenvalue weighted by molar-refractivity contribution is 0.102. The van der Waals surface area contributed by atoms with E-state index in [1.165, 1.54) is 12.1 Å². The monoisotopic (exact) mass is 296 g/mol. The molecule has 0 amide bonds.